The number of morpholine rings is 1. The second kappa shape index (κ2) is 4.99. The van der Waals surface area contributed by atoms with Gasteiger partial charge in [-0.1, -0.05) is 11.6 Å². The lowest BCUT2D eigenvalue weighted by Gasteiger charge is -2.30. The largest absolute Gasteiger partial charge is 0.384 e. The van der Waals surface area contributed by atoms with E-state index in [2.05, 4.69) is 16.8 Å². The number of hydrogen-bond acceptors (Lipinski definition) is 4. The van der Waals surface area contributed by atoms with Crippen molar-refractivity contribution in [1.29, 1.82) is 0 Å². The summed E-state index contributed by atoms with van der Waals surface area (Å²) in [5.74, 6) is 0.515. The minimum Gasteiger partial charge on any atom is -0.384 e. The van der Waals surface area contributed by atoms with Crippen LogP contribution < -0.4 is 5.73 Å². The van der Waals surface area contributed by atoms with Crippen LogP contribution in [0.15, 0.2) is 12.1 Å². The number of anilines is 1. The molecule has 1 aliphatic rings. The molecule has 88 valence electrons. The molecule has 2 heterocycles. The van der Waals surface area contributed by atoms with Crippen molar-refractivity contribution in [2.24, 2.45) is 0 Å². The van der Waals surface area contributed by atoms with Gasteiger partial charge in [0.2, 0.25) is 0 Å². The Morgan fingerprint density at radius 1 is 1.62 bits per heavy atom. The molecule has 1 fully saturated rings. The van der Waals surface area contributed by atoms with Gasteiger partial charge in [-0.05, 0) is 19.1 Å². The van der Waals surface area contributed by atoms with Crippen LogP contribution in [-0.2, 0) is 11.3 Å². The van der Waals surface area contributed by atoms with Gasteiger partial charge in [-0.15, -0.1) is 0 Å². The molecule has 0 spiro atoms. The zero-order valence-electron chi connectivity index (χ0n) is 9.32. The van der Waals surface area contributed by atoms with Gasteiger partial charge in [-0.2, -0.15) is 0 Å². The van der Waals surface area contributed by atoms with Gasteiger partial charge in [0.05, 0.1) is 23.4 Å². The fraction of sp³-hybridized carbons (Fsp3) is 0.545. The number of nitrogen functional groups attached to an aromatic ring is 1. The Morgan fingerprint density at radius 3 is 3.19 bits per heavy atom. The molecule has 2 rings (SSSR count). The van der Waals surface area contributed by atoms with Crippen molar-refractivity contribution in [2.75, 3.05) is 25.4 Å². The summed E-state index contributed by atoms with van der Waals surface area (Å²) >= 11 is 6.08. The first-order valence-electron chi connectivity index (χ1n) is 5.40. The van der Waals surface area contributed by atoms with Crippen LogP contribution in [0.3, 0.4) is 0 Å². The van der Waals surface area contributed by atoms with Gasteiger partial charge in [-0.3, -0.25) is 4.90 Å². The second-order valence-corrected chi connectivity index (χ2v) is 4.49. The van der Waals surface area contributed by atoms with E-state index in [-0.39, 0.29) is 6.10 Å². The van der Waals surface area contributed by atoms with Gasteiger partial charge in [0.25, 0.3) is 0 Å². The Morgan fingerprint density at radius 2 is 2.44 bits per heavy atom. The molecule has 1 aliphatic heterocycles. The molecule has 0 aliphatic carbocycles. The van der Waals surface area contributed by atoms with Crippen LogP contribution in [0.5, 0.6) is 0 Å². The van der Waals surface area contributed by atoms with E-state index in [4.69, 9.17) is 22.1 Å². The van der Waals surface area contributed by atoms with Crippen molar-refractivity contribution in [2.45, 2.75) is 19.6 Å². The predicted molar refractivity (Wildman–Crippen MR) is 64.4 cm³/mol. The molecule has 1 unspecified atom stereocenters. The first kappa shape index (κ1) is 11.6. The van der Waals surface area contributed by atoms with Gasteiger partial charge in [0.15, 0.2) is 0 Å². The van der Waals surface area contributed by atoms with Crippen molar-refractivity contribution < 1.29 is 4.74 Å². The predicted octanol–water partition coefficient (Wildman–Crippen LogP) is 1.54. The number of hydrogen-bond donors (Lipinski definition) is 1. The molecular formula is C11H16ClN3O. The Balaban J connectivity index is 2.05. The zero-order chi connectivity index (χ0) is 11.5. The maximum Gasteiger partial charge on any atom is 0.123 e. The highest BCUT2D eigenvalue weighted by Crippen LogP contribution is 2.18. The minimum atomic E-state index is 0.272. The molecule has 1 saturated heterocycles. The summed E-state index contributed by atoms with van der Waals surface area (Å²) in [6, 6.07) is 3.51. The molecule has 0 aromatic carbocycles. The molecule has 1 aromatic rings. The average Bonchev–Trinajstić information content (AvgIpc) is 2.24. The summed E-state index contributed by atoms with van der Waals surface area (Å²) in [5.41, 5.74) is 6.49. The molecular weight excluding hydrogens is 226 g/mol. The number of rotatable bonds is 2. The maximum atomic E-state index is 6.08. The fourth-order valence-electron chi connectivity index (χ4n) is 1.86. The van der Waals surface area contributed by atoms with Crippen LogP contribution >= 0.6 is 11.6 Å². The zero-order valence-corrected chi connectivity index (χ0v) is 10.1. The van der Waals surface area contributed by atoms with E-state index in [1.165, 1.54) is 0 Å². The molecule has 1 atom stereocenters. The van der Waals surface area contributed by atoms with Gasteiger partial charge >= 0.3 is 0 Å². The number of pyridine rings is 1. The molecule has 0 bridgehead atoms. The average molecular weight is 242 g/mol. The molecule has 4 nitrogen and oxygen atoms in total. The third-order valence-electron chi connectivity index (χ3n) is 2.64. The van der Waals surface area contributed by atoms with E-state index in [1.807, 2.05) is 0 Å². The van der Waals surface area contributed by atoms with Crippen molar-refractivity contribution in [3.05, 3.63) is 22.8 Å². The molecule has 5 heteroatoms. The van der Waals surface area contributed by atoms with Crippen LogP contribution in [0.25, 0.3) is 0 Å². The molecule has 2 N–H and O–H groups in total. The molecule has 0 radical (unpaired) electrons. The Kier molecular flexibility index (Phi) is 3.63. The monoisotopic (exact) mass is 241 g/mol. The summed E-state index contributed by atoms with van der Waals surface area (Å²) in [6.07, 6.45) is 0.272. The molecule has 16 heavy (non-hydrogen) atoms. The second-order valence-electron chi connectivity index (χ2n) is 4.08. The Hall–Kier alpha value is -0.840. The minimum absolute atomic E-state index is 0.272. The first-order chi connectivity index (χ1) is 7.65. The van der Waals surface area contributed by atoms with Crippen molar-refractivity contribution in [3.63, 3.8) is 0 Å². The third kappa shape index (κ3) is 2.84. The standard InChI is InChI=1S/C11H16ClN3O/c1-8-6-15(4-5-16-8)7-10-9(12)2-3-11(13)14-10/h2-3,8H,4-7H2,1H3,(H2,13,14). The van der Waals surface area contributed by atoms with E-state index in [0.717, 1.165) is 31.9 Å². The molecule has 0 saturated carbocycles. The number of nitrogens with zero attached hydrogens (tertiary/aromatic N) is 2. The van der Waals surface area contributed by atoms with Gasteiger partial charge in [0, 0.05) is 19.6 Å². The van der Waals surface area contributed by atoms with Gasteiger partial charge in [-0.25, -0.2) is 4.98 Å². The van der Waals surface area contributed by atoms with Crippen LogP contribution in [0.1, 0.15) is 12.6 Å². The smallest absolute Gasteiger partial charge is 0.123 e. The highest BCUT2D eigenvalue weighted by Gasteiger charge is 2.18. The van der Waals surface area contributed by atoms with Crippen LogP contribution in [-0.4, -0.2) is 35.7 Å². The highest BCUT2D eigenvalue weighted by molar-refractivity contribution is 6.31. The van der Waals surface area contributed by atoms with Crippen molar-refractivity contribution in [1.82, 2.24) is 9.88 Å². The summed E-state index contributed by atoms with van der Waals surface area (Å²) in [7, 11) is 0. The van der Waals surface area contributed by atoms with E-state index < -0.39 is 0 Å². The van der Waals surface area contributed by atoms with Crippen molar-refractivity contribution in [3.8, 4) is 0 Å². The van der Waals surface area contributed by atoms with E-state index in [9.17, 15) is 0 Å². The van der Waals surface area contributed by atoms with Crippen LogP contribution in [0.2, 0.25) is 5.02 Å². The lowest BCUT2D eigenvalue weighted by atomic mass is 10.2. The maximum absolute atomic E-state index is 6.08. The highest BCUT2D eigenvalue weighted by atomic mass is 35.5. The normalized spacial score (nSPS) is 22.2. The summed E-state index contributed by atoms with van der Waals surface area (Å²) in [6.45, 7) is 5.39. The summed E-state index contributed by atoms with van der Waals surface area (Å²) < 4.78 is 5.48. The lowest BCUT2D eigenvalue weighted by molar-refractivity contribution is -0.0215. The van der Waals surface area contributed by atoms with E-state index in [0.29, 0.717) is 10.8 Å². The number of nitrogens with two attached hydrogens (primary N) is 1. The topological polar surface area (TPSA) is 51.4 Å². The quantitative estimate of drug-likeness (QED) is 0.854. The Labute approximate surface area is 100 Å². The van der Waals surface area contributed by atoms with E-state index in [1.54, 1.807) is 12.1 Å². The lowest BCUT2D eigenvalue weighted by Crippen LogP contribution is -2.40. The van der Waals surface area contributed by atoms with E-state index >= 15 is 0 Å². The van der Waals surface area contributed by atoms with Crippen LogP contribution in [0.4, 0.5) is 5.82 Å². The third-order valence-corrected chi connectivity index (χ3v) is 2.98. The van der Waals surface area contributed by atoms with Crippen molar-refractivity contribution >= 4 is 17.4 Å². The number of aromatic nitrogens is 1. The summed E-state index contributed by atoms with van der Waals surface area (Å²) in [5, 5.41) is 0.674. The van der Waals surface area contributed by atoms with Gasteiger partial charge < -0.3 is 10.5 Å². The molecule has 0 amide bonds. The fourth-order valence-corrected chi connectivity index (χ4v) is 2.02. The SMILES string of the molecule is CC1CN(Cc2nc(N)ccc2Cl)CCO1. The first-order valence-corrected chi connectivity index (χ1v) is 5.78. The van der Waals surface area contributed by atoms with Gasteiger partial charge in [0.1, 0.15) is 5.82 Å². The van der Waals surface area contributed by atoms with Crippen LogP contribution in [0, 0.1) is 0 Å². The molecule has 1 aromatic heterocycles. The number of ether oxygens (including phenoxy) is 1. The Bertz CT molecular complexity index is 372. The summed E-state index contributed by atoms with van der Waals surface area (Å²) in [4.78, 5) is 6.53. The number of halogens is 1.